The van der Waals surface area contributed by atoms with Crippen LogP contribution >= 0.6 is 0 Å². The molecule has 0 amide bonds. The van der Waals surface area contributed by atoms with Gasteiger partial charge in [0.1, 0.15) is 18.1 Å². The van der Waals surface area contributed by atoms with Crippen molar-refractivity contribution in [3.63, 3.8) is 0 Å². The van der Waals surface area contributed by atoms with E-state index in [1.807, 2.05) is 25.4 Å². The summed E-state index contributed by atoms with van der Waals surface area (Å²) < 4.78 is 7.33. The van der Waals surface area contributed by atoms with Crippen molar-refractivity contribution in [1.29, 1.82) is 0 Å². The highest BCUT2D eigenvalue weighted by Crippen LogP contribution is 2.20. The Hall–Kier alpha value is -1.88. The molecule has 0 aliphatic heterocycles. The molecule has 2 aromatic rings. The molecular formula is C14H18N4O. The molecule has 19 heavy (non-hydrogen) atoms. The van der Waals surface area contributed by atoms with Gasteiger partial charge in [-0.1, -0.05) is 17.3 Å². The molecule has 3 rings (SSSR count). The third-order valence-corrected chi connectivity index (χ3v) is 3.13. The van der Waals surface area contributed by atoms with Crippen LogP contribution in [0.15, 0.2) is 30.5 Å². The van der Waals surface area contributed by atoms with E-state index >= 15 is 0 Å². The first-order chi connectivity index (χ1) is 9.29. The summed E-state index contributed by atoms with van der Waals surface area (Å²) in [5.74, 6) is 0.862. The van der Waals surface area contributed by atoms with Crippen LogP contribution in [0.3, 0.4) is 0 Å². The lowest BCUT2D eigenvalue weighted by Crippen LogP contribution is -2.15. The largest absolute Gasteiger partial charge is 0.487 e. The maximum atomic E-state index is 5.66. The zero-order valence-electron chi connectivity index (χ0n) is 11.0. The summed E-state index contributed by atoms with van der Waals surface area (Å²) in [5.41, 5.74) is 2.13. The Balaban J connectivity index is 1.50. The topological polar surface area (TPSA) is 52.0 Å². The molecule has 1 saturated carbocycles. The Morgan fingerprint density at radius 1 is 1.32 bits per heavy atom. The van der Waals surface area contributed by atoms with Crippen molar-refractivity contribution in [3.8, 4) is 5.75 Å². The fourth-order valence-corrected chi connectivity index (χ4v) is 1.87. The van der Waals surface area contributed by atoms with Crippen molar-refractivity contribution < 1.29 is 4.74 Å². The molecule has 5 heteroatoms. The summed E-state index contributed by atoms with van der Waals surface area (Å²) in [6.07, 6.45) is 4.49. The molecule has 1 aromatic carbocycles. The van der Waals surface area contributed by atoms with E-state index in [0.29, 0.717) is 6.61 Å². The summed E-state index contributed by atoms with van der Waals surface area (Å²) in [4.78, 5) is 0. The van der Waals surface area contributed by atoms with E-state index in [1.165, 1.54) is 18.4 Å². The number of nitrogens with zero attached hydrogens (tertiary/aromatic N) is 3. The maximum Gasteiger partial charge on any atom is 0.134 e. The molecule has 0 bridgehead atoms. The number of aromatic nitrogens is 3. The van der Waals surface area contributed by atoms with Crippen LogP contribution in [0.2, 0.25) is 0 Å². The number of rotatable bonds is 6. The molecule has 1 N–H and O–H groups in total. The van der Waals surface area contributed by atoms with E-state index in [9.17, 15) is 0 Å². The van der Waals surface area contributed by atoms with E-state index in [0.717, 1.165) is 24.0 Å². The van der Waals surface area contributed by atoms with Gasteiger partial charge >= 0.3 is 0 Å². The Bertz CT molecular complexity index is 531. The van der Waals surface area contributed by atoms with Gasteiger partial charge in [0.25, 0.3) is 0 Å². The number of aryl methyl sites for hydroxylation is 1. The smallest absolute Gasteiger partial charge is 0.134 e. The van der Waals surface area contributed by atoms with Crippen LogP contribution in [0.25, 0.3) is 0 Å². The Morgan fingerprint density at radius 3 is 2.74 bits per heavy atom. The highest BCUT2D eigenvalue weighted by atomic mass is 16.5. The van der Waals surface area contributed by atoms with Crippen LogP contribution < -0.4 is 10.1 Å². The van der Waals surface area contributed by atoms with E-state index in [1.54, 1.807) is 4.68 Å². The minimum absolute atomic E-state index is 0.452. The van der Waals surface area contributed by atoms with Crippen molar-refractivity contribution in [3.05, 3.63) is 41.7 Å². The van der Waals surface area contributed by atoms with Crippen molar-refractivity contribution >= 4 is 0 Å². The zero-order valence-corrected chi connectivity index (χ0v) is 11.0. The first-order valence-corrected chi connectivity index (χ1v) is 6.60. The molecule has 0 saturated heterocycles. The normalized spacial score (nSPS) is 14.6. The molecule has 0 radical (unpaired) electrons. The molecular weight excluding hydrogens is 240 g/mol. The van der Waals surface area contributed by atoms with E-state index < -0.39 is 0 Å². The van der Waals surface area contributed by atoms with Gasteiger partial charge in [-0.25, -0.2) is 0 Å². The first-order valence-electron chi connectivity index (χ1n) is 6.60. The standard InChI is InChI=1S/C14H18N4O/c1-18-9-13(16-17-18)10-19-14-6-2-11(3-7-14)8-15-12-4-5-12/h2-3,6-7,9,12,15H,4-5,8,10H2,1H3. The molecule has 1 heterocycles. The average molecular weight is 258 g/mol. The number of hydrogen-bond acceptors (Lipinski definition) is 4. The van der Waals surface area contributed by atoms with Crippen LogP contribution in [0, 0.1) is 0 Å². The quantitative estimate of drug-likeness (QED) is 0.856. The first kappa shape index (κ1) is 12.2. The van der Waals surface area contributed by atoms with Gasteiger partial charge in [0.15, 0.2) is 0 Å². The lowest BCUT2D eigenvalue weighted by molar-refractivity contribution is 0.301. The fourth-order valence-electron chi connectivity index (χ4n) is 1.87. The van der Waals surface area contributed by atoms with Crippen molar-refractivity contribution in [2.45, 2.75) is 32.0 Å². The molecule has 1 aliphatic rings. The van der Waals surface area contributed by atoms with Gasteiger partial charge in [-0.3, -0.25) is 4.68 Å². The SMILES string of the molecule is Cn1cc(COc2ccc(CNC3CC3)cc2)nn1. The molecule has 1 aliphatic carbocycles. The lowest BCUT2D eigenvalue weighted by atomic mass is 10.2. The van der Waals surface area contributed by atoms with Gasteiger partial charge in [-0.2, -0.15) is 0 Å². The summed E-state index contributed by atoms with van der Waals surface area (Å²) in [7, 11) is 1.85. The zero-order chi connectivity index (χ0) is 13.1. The molecule has 1 aromatic heterocycles. The monoisotopic (exact) mass is 258 g/mol. The van der Waals surface area contributed by atoms with Crippen LogP contribution in [0.5, 0.6) is 5.75 Å². The highest BCUT2D eigenvalue weighted by Gasteiger charge is 2.19. The van der Waals surface area contributed by atoms with Gasteiger partial charge in [-0.15, -0.1) is 5.10 Å². The van der Waals surface area contributed by atoms with Crippen LogP contribution in [0.1, 0.15) is 24.1 Å². The van der Waals surface area contributed by atoms with Crippen molar-refractivity contribution in [1.82, 2.24) is 20.3 Å². The molecule has 5 nitrogen and oxygen atoms in total. The van der Waals surface area contributed by atoms with Gasteiger partial charge in [-0.05, 0) is 30.5 Å². The summed E-state index contributed by atoms with van der Waals surface area (Å²) in [6, 6.07) is 8.94. The van der Waals surface area contributed by atoms with Crippen molar-refractivity contribution in [2.75, 3.05) is 0 Å². The fraction of sp³-hybridized carbons (Fsp3) is 0.429. The molecule has 0 spiro atoms. The van der Waals surface area contributed by atoms with Crippen LogP contribution in [-0.4, -0.2) is 21.0 Å². The molecule has 1 fully saturated rings. The predicted octanol–water partition coefficient (Wildman–Crippen LogP) is 1.65. The van der Waals surface area contributed by atoms with Crippen LogP contribution in [-0.2, 0) is 20.2 Å². The number of nitrogens with one attached hydrogen (secondary N) is 1. The Kier molecular flexibility index (Phi) is 3.46. The average Bonchev–Trinajstić information content (AvgIpc) is 3.17. The molecule has 0 atom stereocenters. The van der Waals surface area contributed by atoms with Gasteiger partial charge in [0.2, 0.25) is 0 Å². The maximum absolute atomic E-state index is 5.66. The lowest BCUT2D eigenvalue weighted by Gasteiger charge is -2.06. The molecule has 0 unspecified atom stereocenters. The van der Waals surface area contributed by atoms with Gasteiger partial charge < -0.3 is 10.1 Å². The summed E-state index contributed by atoms with van der Waals surface area (Å²) >= 11 is 0. The second-order valence-electron chi connectivity index (χ2n) is 4.97. The minimum Gasteiger partial charge on any atom is -0.487 e. The summed E-state index contributed by atoms with van der Waals surface area (Å²) in [6.45, 7) is 1.39. The van der Waals surface area contributed by atoms with E-state index in [-0.39, 0.29) is 0 Å². The number of hydrogen-bond donors (Lipinski definition) is 1. The van der Waals surface area contributed by atoms with E-state index in [4.69, 9.17) is 4.74 Å². The Labute approximate surface area is 112 Å². The second-order valence-corrected chi connectivity index (χ2v) is 4.97. The highest BCUT2D eigenvalue weighted by molar-refractivity contribution is 5.27. The third kappa shape index (κ3) is 3.54. The molecule has 100 valence electrons. The van der Waals surface area contributed by atoms with Crippen LogP contribution in [0.4, 0.5) is 0 Å². The number of benzene rings is 1. The Morgan fingerprint density at radius 2 is 2.11 bits per heavy atom. The predicted molar refractivity (Wildman–Crippen MR) is 71.6 cm³/mol. The van der Waals surface area contributed by atoms with Gasteiger partial charge in [0.05, 0.1) is 6.20 Å². The third-order valence-electron chi connectivity index (χ3n) is 3.13. The van der Waals surface area contributed by atoms with Gasteiger partial charge in [0, 0.05) is 19.6 Å². The minimum atomic E-state index is 0.452. The van der Waals surface area contributed by atoms with Crippen molar-refractivity contribution in [2.24, 2.45) is 7.05 Å². The van der Waals surface area contributed by atoms with E-state index in [2.05, 4.69) is 27.8 Å². The number of ether oxygens (including phenoxy) is 1. The second kappa shape index (κ2) is 5.40. The summed E-state index contributed by atoms with van der Waals surface area (Å²) in [5, 5.41) is 11.3.